The SMILES string of the molecule is COc1ccc2c(Cc3cccc(C(=O)O)n3)c(-c3cc(F)cc(Cl)c3)[nH]c2c1. The molecule has 2 aromatic heterocycles. The van der Waals surface area contributed by atoms with Crippen molar-refractivity contribution in [1.29, 1.82) is 0 Å². The molecule has 2 aromatic carbocycles. The van der Waals surface area contributed by atoms with Gasteiger partial charge in [0.05, 0.1) is 12.8 Å². The maximum atomic E-state index is 14.0. The molecule has 0 aliphatic heterocycles. The molecule has 0 fully saturated rings. The standard InChI is InChI=1S/C22H16ClFN2O3/c1-29-16-5-6-17-18(10-15-3-2-4-19(25-15)22(27)28)21(26-20(17)11-16)12-7-13(23)9-14(24)8-12/h2-9,11,26H,10H2,1H3,(H,27,28). The minimum absolute atomic E-state index is 0.0284. The number of pyridine rings is 1. The lowest BCUT2D eigenvalue weighted by atomic mass is 10.0. The number of nitrogens with one attached hydrogen (secondary N) is 1. The van der Waals surface area contributed by atoms with Gasteiger partial charge >= 0.3 is 5.97 Å². The fourth-order valence-electron chi connectivity index (χ4n) is 3.37. The number of methoxy groups -OCH3 is 1. The van der Waals surface area contributed by atoms with Crippen LogP contribution in [0.5, 0.6) is 5.75 Å². The summed E-state index contributed by atoms with van der Waals surface area (Å²) in [5.74, 6) is -0.853. The van der Waals surface area contributed by atoms with Crippen LogP contribution in [0.15, 0.2) is 54.6 Å². The summed E-state index contributed by atoms with van der Waals surface area (Å²) in [6.07, 6.45) is 0.358. The topological polar surface area (TPSA) is 75.2 Å². The number of benzene rings is 2. The number of H-pyrrole nitrogens is 1. The normalized spacial score (nSPS) is 11.0. The number of nitrogens with zero attached hydrogens (tertiary/aromatic N) is 1. The Balaban J connectivity index is 1.90. The Hall–Kier alpha value is -3.38. The van der Waals surface area contributed by atoms with E-state index in [4.69, 9.17) is 16.3 Å². The predicted molar refractivity (Wildman–Crippen MR) is 109 cm³/mol. The second-order valence-electron chi connectivity index (χ2n) is 6.54. The van der Waals surface area contributed by atoms with Gasteiger partial charge < -0.3 is 14.8 Å². The molecular formula is C22H16ClFN2O3. The third-order valence-electron chi connectivity index (χ3n) is 4.65. The molecule has 0 spiro atoms. The molecule has 5 nitrogen and oxygen atoms in total. The molecule has 0 atom stereocenters. The van der Waals surface area contributed by atoms with Crippen molar-refractivity contribution >= 4 is 28.5 Å². The third kappa shape index (κ3) is 3.79. The van der Waals surface area contributed by atoms with Crippen molar-refractivity contribution in [3.63, 3.8) is 0 Å². The van der Waals surface area contributed by atoms with Gasteiger partial charge in [-0.25, -0.2) is 14.2 Å². The van der Waals surface area contributed by atoms with Gasteiger partial charge in [-0.05, 0) is 48.0 Å². The van der Waals surface area contributed by atoms with E-state index in [-0.39, 0.29) is 10.7 Å². The number of aromatic carboxylic acids is 1. The molecule has 4 aromatic rings. The first-order chi connectivity index (χ1) is 13.9. The molecule has 0 aliphatic rings. The number of hydrogen-bond acceptors (Lipinski definition) is 3. The Morgan fingerprint density at radius 1 is 1.21 bits per heavy atom. The van der Waals surface area contributed by atoms with Crippen LogP contribution in [-0.2, 0) is 6.42 Å². The second kappa shape index (κ2) is 7.56. The Bertz CT molecular complexity index is 1220. The maximum absolute atomic E-state index is 14.0. The summed E-state index contributed by atoms with van der Waals surface area (Å²) >= 11 is 6.06. The number of rotatable bonds is 5. The van der Waals surface area contributed by atoms with Crippen molar-refractivity contribution in [3.8, 4) is 17.0 Å². The highest BCUT2D eigenvalue weighted by molar-refractivity contribution is 6.30. The largest absolute Gasteiger partial charge is 0.497 e. The summed E-state index contributed by atoms with van der Waals surface area (Å²) in [7, 11) is 1.58. The fraction of sp³-hybridized carbons (Fsp3) is 0.0909. The highest BCUT2D eigenvalue weighted by Crippen LogP contribution is 2.35. The van der Waals surface area contributed by atoms with E-state index in [2.05, 4.69) is 9.97 Å². The molecule has 0 aliphatic carbocycles. The first kappa shape index (κ1) is 19.0. The zero-order valence-electron chi connectivity index (χ0n) is 15.4. The lowest BCUT2D eigenvalue weighted by Crippen LogP contribution is -2.03. The number of halogens is 2. The monoisotopic (exact) mass is 410 g/mol. The third-order valence-corrected chi connectivity index (χ3v) is 4.87. The van der Waals surface area contributed by atoms with Crippen LogP contribution in [-0.4, -0.2) is 28.2 Å². The van der Waals surface area contributed by atoms with Gasteiger partial charge in [-0.15, -0.1) is 0 Å². The van der Waals surface area contributed by atoms with E-state index in [1.54, 1.807) is 25.3 Å². The number of hydrogen-bond donors (Lipinski definition) is 2. The lowest BCUT2D eigenvalue weighted by Gasteiger charge is -2.07. The molecule has 0 saturated heterocycles. The van der Waals surface area contributed by atoms with E-state index in [1.165, 1.54) is 18.2 Å². The zero-order chi connectivity index (χ0) is 20.5. The van der Waals surface area contributed by atoms with Crippen molar-refractivity contribution in [2.45, 2.75) is 6.42 Å². The number of carbonyl (C=O) groups is 1. The van der Waals surface area contributed by atoms with Gasteiger partial charge in [-0.1, -0.05) is 17.7 Å². The molecule has 0 unspecified atom stereocenters. The fourth-order valence-corrected chi connectivity index (χ4v) is 3.59. The number of ether oxygens (including phenoxy) is 1. The molecule has 2 N–H and O–H groups in total. The summed E-state index contributed by atoms with van der Waals surface area (Å²) in [6.45, 7) is 0. The molecule has 146 valence electrons. The summed E-state index contributed by atoms with van der Waals surface area (Å²) < 4.78 is 19.3. The van der Waals surface area contributed by atoms with Gasteiger partial charge in [0.1, 0.15) is 17.3 Å². The van der Waals surface area contributed by atoms with Gasteiger partial charge in [0, 0.05) is 39.7 Å². The summed E-state index contributed by atoms with van der Waals surface area (Å²) in [5, 5.41) is 10.4. The maximum Gasteiger partial charge on any atom is 0.354 e. The van der Waals surface area contributed by atoms with Crippen LogP contribution in [0, 0.1) is 5.82 Å². The van der Waals surface area contributed by atoms with Crippen LogP contribution < -0.4 is 4.74 Å². The smallest absolute Gasteiger partial charge is 0.354 e. The Morgan fingerprint density at radius 2 is 2.03 bits per heavy atom. The van der Waals surface area contributed by atoms with Gasteiger partial charge in [0.15, 0.2) is 0 Å². The van der Waals surface area contributed by atoms with E-state index in [0.717, 1.165) is 16.5 Å². The Kier molecular flexibility index (Phi) is 4.94. The van der Waals surface area contributed by atoms with Gasteiger partial charge in [-0.3, -0.25) is 0 Å². The Morgan fingerprint density at radius 3 is 2.76 bits per heavy atom. The number of fused-ring (bicyclic) bond motifs is 1. The number of carboxylic acid groups (broad SMARTS) is 1. The molecule has 4 rings (SSSR count). The highest BCUT2D eigenvalue weighted by atomic mass is 35.5. The van der Waals surface area contributed by atoms with Gasteiger partial charge in [0.2, 0.25) is 0 Å². The Labute approximate surface area is 170 Å². The van der Waals surface area contributed by atoms with Crippen molar-refractivity contribution in [2.75, 3.05) is 7.11 Å². The summed E-state index contributed by atoms with van der Waals surface area (Å²) in [5.41, 5.74) is 3.51. The van der Waals surface area contributed by atoms with Gasteiger partial charge in [0.25, 0.3) is 0 Å². The first-order valence-electron chi connectivity index (χ1n) is 8.79. The minimum Gasteiger partial charge on any atom is -0.497 e. The van der Waals surface area contributed by atoms with Crippen LogP contribution in [0.25, 0.3) is 22.2 Å². The minimum atomic E-state index is -1.09. The molecule has 0 radical (unpaired) electrons. The molecule has 7 heteroatoms. The van der Waals surface area contributed by atoms with Crippen molar-refractivity contribution in [3.05, 3.63) is 82.4 Å². The van der Waals surface area contributed by atoms with Crippen molar-refractivity contribution < 1.29 is 19.0 Å². The van der Waals surface area contributed by atoms with Crippen LogP contribution >= 0.6 is 11.6 Å². The first-order valence-corrected chi connectivity index (χ1v) is 9.16. The molecule has 0 amide bonds. The van der Waals surface area contributed by atoms with Crippen molar-refractivity contribution in [2.24, 2.45) is 0 Å². The average molecular weight is 411 g/mol. The molecule has 0 bridgehead atoms. The van der Waals surface area contributed by atoms with Crippen LogP contribution in [0.1, 0.15) is 21.7 Å². The van der Waals surface area contributed by atoms with E-state index >= 15 is 0 Å². The van der Waals surface area contributed by atoms with Gasteiger partial charge in [-0.2, -0.15) is 0 Å². The lowest BCUT2D eigenvalue weighted by molar-refractivity contribution is 0.0690. The van der Waals surface area contributed by atoms with Crippen LogP contribution in [0.3, 0.4) is 0 Å². The number of aromatic amines is 1. The predicted octanol–water partition coefficient (Wildman–Crippen LogP) is 5.32. The highest BCUT2D eigenvalue weighted by Gasteiger charge is 2.17. The van der Waals surface area contributed by atoms with Crippen LogP contribution in [0.4, 0.5) is 4.39 Å². The molecule has 2 heterocycles. The summed E-state index contributed by atoms with van der Waals surface area (Å²) in [4.78, 5) is 18.8. The average Bonchev–Trinajstić information content (AvgIpc) is 3.05. The zero-order valence-corrected chi connectivity index (χ0v) is 16.1. The van der Waals surface area contributed by atoms with Crippen LogP contribution in [0.2, 0.25) is 5.02 Å². The molecule has 29 heavy (non-hydrogen) atoms. The van der Waals surface area contributed by atoms with Crippen molar-refractivity contribution in [1.82, 2.24) is 9.97 Å². The molecular weight excluding hydrogens is 395 g/mol. The number of carboxylic acids is 1. The molecule has 0 saturated carbocycles. The van der Waals surface area contributed by atoms with E-state index in [9.17, 15) is 14.3 Å². The summed E-state index contributed by atoms with van der Waals surface area (Å²) in [6, 6.07) is 14.8. The van der Waals surface area contributed by atoms with E-state index in [1.807, 2.05) is 18.2 Å². The number of aromatic nitrogens is 2. The quantitative estimate of drug-likeness (QED) is 0.467. The van der Waals surface area contributed by atoms with E-state index in [0.29, 0.717) is 29.1 Å². The second-order valence-corrected chi connectivity index (χ2v) is 6.98. The van der Waals surface area contributed by atoms with E-state index < -0.39 is 11.8 Å².